The van der Waals surface area contributed by atoms with Gasteiger partial charge in [0.2, 0.25) is 0 Å². The van der Waals surface area contributed by atoms with Crippen molar-refractivity contribution in [3.8, 4) is 0 Å². The molecule has 0 spiro atoms. The summed E-state index contributed by atoms with van der Waals surface area (Å²) in [6.07, 6.45) is 8.15. The van der Waals surface area contributed by atoms with E-state index in [9.17, 15) is 0 Å². The minimum Gasteiger partial charge on any atom is -0.382 e. The van der Waals surface area contributed by atoms with Crippen LogP contribution in [0.4, 0.5) is 11.6 Å². The van der Waals surface area contributed by atoms with Gasteiger partial charge in [0, 0.05) is 12.6 Å². The molecule has 4 heteroatoms. The zero-order chi connectivity index (χ0) is 11.7. The number of nitrogens with zero attached hydrogens (tertiary/aromatic N) is 3. The van der Waals surface area contributed by atoms with Crippen molar-refractivity contribution >= 4 is 11.6 Å². The van der Waals surface area contributed by atoms with Crippen LogP contribution in [0.15, 0.2) is 12.1 Å². The van der Waals surface area contributed by atoms with Crippen LogP contribution in [0.3, 0.4) is 0 Å². The van der Waals surface area contributed by atoms with Crippen LogP contribution in [0.25, 0.3) is 0 Å². The number of aromatic nitrogens is 2. The van der Waals surface area contributed by atoms with Crippen molar-refractivity contribution < 1.29 is 0 Å². The molecule has 17 heavy (non-hydrogen) atoms. The van der Waals surface area contributed by atoms with E-state index in [0.29, 0.717) is 11.9 Å². The highest BCUT2D eigenvalue weighted by Crippen LogP contribution is 2.36. The molecule has 0 amide bonds. The van der Waals surface area contributed by atoms with Crippen molar-refractivity contribution in [1.29, 1.82) is 0 Å². The molecule has 1 saturated carbocycles. The average molecular weight is 232 g/mol. The van der Waals surface area contributed by atoms with E-state index in [2.05, 4.69) is 15.1 Å². The van der Waals surface area contributed by atoms with Crippen LogP contribution in [0.2, 0.25) is 0 Å². The topological polar surface area (TPSA) is 55.0 Å². The highest BCUT2D eigenvalue weighted by molar-refractivity contribution is 5.43. The van der Waals surface area contributed by atoms with Gasteiger partial charge in [-0.2, -0.15) is 0 Å². The first-order chi connectivity index (χ1) is 8.34. The molecule has 0 unspecified atom stereocenters. The molecule has 0 radical (unpaired) electrons. The molecule has 4 nitrogen and oxygen atoms in total. The minimum absolute atomic E-state index is 0.506. The van der Waals surface area contributed by atoms with Gasteiger partial charge in [0.25, 0.3) is 0 Å². The Kier molecular flexibility index (Phi) is 2.87. The predicted octanol–water partition coefficient (Wildman–Crippen LogP) is 2.22. The first kappa shape index (κ1) is 10.8. The van der Waals surface area contributed by atoms with Crippen LogP contribution in [0.5, 0.6) is 0 Å². The molecule has 2 atom stereocenters. The van der Waals surface area contributed by atoms with Crippen LogP contribution >= 0.6 is 0 Å². The SMILES string of the molecule is Nc1ccc(N2CCC[C@H]3CCCC[C@H]32)nn1. The van der Waals surface area contributed by atoms with Gasteiger partial charge < -0.3 is 10.6 Å². The van der Waals surface area contributed by atoms with Crippen LogP contribution in [-0.4, -0.2) is 22.8 Å². The van der Waals surface area contributed by atoms with E-state index in [0.717, 1.165) is 18.3 Å². The fourth-order valence-corrected chi connectivity index (χ4v) is 3.40. The molecule has 3 rings (SSSR count). The third kappa shape index (κ3) is 2.08. The number of rotatable bonds is 1. The Hall–Kier alpha value is -1.32. The zero-order valence-corrected chi connectivity index (χ0v) is 10.2. The quantitative estimate of drug-likeness (QED) is 0.806. The second-order valence-electron chi connectivity index (χ2n) is 5.26. The number of anilines is 2. The Balaban J connectivity index is 1.83. The van der Waals surface area contributed by atoms with Gasteiger partial charge in [-0.15, -0.1) is 10.2 Å². The summed E-state index contributed by atoms with van der Waals surface area (Å²) >= 11 is 0. The second-order valence-corrected chi connectivity index (χ2v) is 5.26. The Morgan fingerprint density at radius 2 is 1.88 bits per heavy atom. The van der Waals surface area contributed by atoms with E-state index in [4.69, 9.17) is 5.73 Å². The molecule has 1 aromatic rings. The van der Waals surface area contributed by atoms with E-state index >= 15 is 0 Å². The largest absolute Gasteiger partial charge is 0.382 e. The fraction of sp³-hybridized carbons (Fsp3) is 0.692. The van der Waals surface area contributed by atoms with Crippen molar-refractivity contribution in [2.24, 2.45) is 5.92 Å². The third-order valence-corrected chi connectivity index (χ3v) is 4.21. The van der Waals surface area contributed by atoms with Crippen LogP contribution in [0, 0.1) is 5.92 Å². The van der Waals surface area contributed by atoms with Gasteiger partial charge in [-0.05, 0) is 43.7 Å². The van der Waals surface area contributed by atoms with E-state index in [1.165, 1.54) is 38.5 Å². The van der Waals surface area contributed by atoms with Gasteiger partial charge in [-0.25, -0.2) is 0 Å². The fourth-order valence-electron chi connectivity index (χ4n) is 3.40. The molecular weight excluding hydrogens is 212 g/mol. The maximum absolute atomic E-state index is 5.60. The first-order valence-corrected chi connectivity index (χ1v) is 6.70. The third-order valence-electron chi connectivity index (χ3n) is 4.21. The number of hydrogen-bond acceptors (Lipinski definition) is 4. The smallest absolute Gasteiger partial charge is 0.151 e. The van der Waals surface area contributed by atoms with Crippen molar-refractivity contribution in [2.45, 2.75) is 44.6 Å². The molecule has 1 aliphatic carbocycles. The van der Waals surface area contributed by atoms with E-state index in [1.54, 1.807) is 0 Å². The van der Waals surface area contributed by atoms with Gasteiger partial charge in [-0.3, -0.25) is 0 Å². The number of hydrogen-bond donors (Lipinski definition) is 1. The monoisotopic (exact) mass is 232 g/mol. The van der Waals surface area contributed by atoms with Crippen LogP contribution < -0.4 is 10.6 Å². The molecule has 2 heterocycles. The Morgan fingerprint density at radius 3 is 2.71 bits per heavy atom. The molecule has 92 valence electrons. The van der Waals surface area contributed by atoms with E-state index in [1.807, 2.05) is 12.1 Å². The second kappa shape index (κ2) is 4.51. The molecule has 2 aliphatic rings. The maximum Gasteiger partial charge on any atom is 0.151 e. The van der Waals surface area contributed by atoms with Gasteiger partial charge >= 0.3 is 0 Å². The zero-order valence-electron chi connectivity index (χ0n) is 10.2. The Bertz CT molecular complexity index is 374. The molecular formula is C13H20N4. The summed E-state index contributed by atoms with van der Waals surface area (Å²) < 4.78 is 0. The molecule has 2 N–H and O–H groups in total. The lowest BCUT2D eigenvalue weighted by atomic mass is 9.78. The number of nitrogen functional groups attached to an aromatic ring is 1. The van der Waals surface area contributed by atoms with Crippen molar-refractivity contribution in [2.75, 3.05) is 17.2 Å². The standard InChI is InChI=1S/C13H20N4/c14-12-7-8-13(16-15-12)17-9-3-5-10-4-1-2-6-11(10)17/h7-8,10-11H,1-6,9H2,(H2,14,15)/t10-,11-/m1/s1. The normalized spacial score (nSPS) is 28.8. The van der Waals surface area contributed by atoms with Gasteiger partial charge in [-0.1, -0.05) is 12.8 Å². The predicted molar refractivity (Wildman–Crippen MR) is 68.8 cm³/mol. The Morgan fingerprint density at radius 1 is 1.06 bits per heavy atom. The Labute approximate surface area is 102 Å². The molecule has 1 saturated heterocycles. The number of piperidine rings is 1. The van der Waals surface area contributed by atoms with Crippen LogP contribution in [-0.2, 0) is 0 Å². The lowest BCUT2D eigenvalue weighted by Gasteiger charge is -2.44. The first-order valence-electron chi connectivity index (χ1n) is 6.70. The maximum atomic E-state index is 5.60. The average Bonchev–Trinajstić information content (AvgIpc) is 2.39. The molecule has 2 fully saturated rings. The van der Waals surface area contributed by atoms with Crippen molar-refractivity contribution in [1.82, 2.24) is 10.2 Å². The van der Waals surface area contributed by atoms with Crippen LogP contribution in [0.1, 0.15) is 38.5 Å². The minimum atomic E-state index is 0.506. The van der Waals surface area contributed by atoms with Crippen molar-refractivity contribution in [3.63, 3.8) is 0 Å². The van der Waals surface area contributed by atoms with E-state index < -0.39 is 0 Å². The lowest BCUT2D eigenvalue weighted by Crippen LogP contribution is -2.47. The summed E-state index contributed by atoms with van der Waals surface area (Å²) in [5.41, 5.74) is 5.60. The number of fused-ring (bicyclic) bond motifs is 1. The molecule has 1 aromatic heterocycles. The summed E-state index contributed by atoms with van der Waals surface area (Å²) in [4.78, 5) is 2.46. The van der Waals surface area contributed by atoms with E-state index in [-0.39, 0.29) is 0 Å². The van der Waals surface area contributed by atoms with Crippen molar-refractivity contribution in [3.05, 3.63) is 12.1 Å². The van der Waals surface area contributed by atoms with Gasteiger partial charge in [0.1, 0.15) is 5.82 Å². The summed E-state index contributed by atoms with van der Waals surface area (Å²) in [5.74, 6) is 2.39. The summed E-state index contributed by atoms with van der Waals surface area (Å²) in [6, 6.07) is 4.56. The molecule has 0 aromatic carbocycles. The molecule has 1 aliphatic heterocycles. The summed E-state index contributed by atoms with van der Waals surface area (Å²) in [6.45, 7) is 1.12. The van der Waals surface area contributed by atoms with Gasteiger partial charge in [0.15, 0.2) is 5.82 Å². The summed E-state index contributed by atoms with van der Waals surface area (Å²) in [7, 11) is 0. The number of nitrogens with two attached hydrogens (primary N) is 1. The summed E-state index contributed by atoms with van der Waals surface area (Å²) in [5, 5.41) is 8.22. The lowest BCUT2D eigenvalue weighted by molar-refractivity contribution is 0.242. The molecule has 0 bridgehead atoms. The van der Waals surface area contributed by atoms with Gasteiger partial charge in [0.05, 0.1) is 0 Å². The highest BCUT2D eigenvalue weighted by Gasteiger charge is 2.33. The highest BCUT2D eigenvalue weighted by atomic mass is 15.3.